The van der Waals surface area contributed by atoms with Crippen molar-refractivity contribution in [1.82, 2.24) is 0 Å². The van der Waals surface area contributed by atoms with Gasteiger partial charge >= 0.3 is 0 Å². The number of carbonyl (C=O) groups is 1. The predicted molar refractivity (Wildman–Crippen MR) is 62.5 cm³/mol. The van der Waals surface area contributed by atoms with Gasteiger partial charge in [0.05, 0.1) is 0 Å². The number of alkyl halides is 1. The first-order valence-electron chi connectivity index (χ1n) is 5.24. The topological polar surface area (TPSA) is 17.1 Å². The van der Waals surface area contributed by atoms with E-state index in [0.29, 0.717) is 11.7 Å². The van der Waals surface area contributed by atoms with Gasteiger partial charge in [-0.3, -0.25) is 4.79 Å². The Bertz CT molecular complexity index is 305. The summed E-state index contributed by atoms with van der Waals surface area (Å²) in [6, 6.07) is 0.923. The molecule has 1 fully saturated rings. The molecule has 1 saturated carbocycles. The smallest absolute Gasteiger partial charge is 0.158 e. The molecule has 0 aromatic heterocycles. The van der Waals surface area contributed by atoms with E-state index in [2.05, 4.69) is 31.8 Å². The highest BCUT2D eigenvalue weighted by molar-refractivity contribution is 6.77. The highest BCUT2D eigenvalue weighted by atomic mass is 35.5. The molecular formula is C11H17ClOSi. The van der Waals surface area contributed by atoms with Crippen molar-refractivity contribution in [3.63, 3.8) is 0 Å². The van der Waals surface area contributed by atoms with Gasteiger partial charge in [0.1, 0.15) is 4.87 Å². The molecule has 0 unspecified atom stereocenters. The maximum atomic E-state index is 11.9. The third kappa shape index (κ3) is 1.39. The van der Waals surface area contributed by atoms with Crippen molar-refractivity contribution in [3.8, 4) is 0 Å². The maximum absolute atomic E-state index is 11.9. The van der Waals surface area contributed by atoms with Gasteiger partial charge in [-0.15, -0.1) is 11.6 Å². The third-order valence-corrected chi connectivity index (χ3v) is 5.64. The lowest BCUT2D eigenvalue weighted by molar-refractivity contribution is -0.135. The number of hydrogen-bond acceptors (Lipinski definition) is 1. The summed E-state index contributed by atoms with van der Waals surface area (Å²) in [5.74, 6) is 0.865. The van der Waals surface area contributed by atoms with Crippen molar-refractivity contribution in [2.45, 2.75) is 37.0 Å². The van der Waals surface area contributed by atoms with E-state index in [1.807, 2.05) is 0 Å². The molecule has 2 rings (SSSR count). The first kappa shape index (κ1) is 10.4. The summed E-state index contributed by atoms with van der Waals surface area (Å²) in [6.07, 6.45) is 5.18. The van der Waals surface area contributed by atoms with Gasteiger partial charge in [0.2, 0.25) is 0 Å². The van der Waals surface area contributed by atoms with Crippen LogP contribution < -0.4 is 0 Å². The Hall–Kier alpha value is -0.0831. The number of hydrogen-bond donors (Lipinski definition) is 0. The molecule has 0 aromatic carbocycles. The SMILES string of the molecule is C[Si](C)(C)C[C@@]1(Cl)C(=O)[C@H]2CC=C[C@H]21. The Balaban J connectivity index is 2.17. The summed E-state index contributed by atoms with van der Waals surface area (Å²) < 4.78 is 0. The largest absolute Gasteiger partial charge is 0.297 e. The number of fused-ring (bicyclic) bond motifs is 1. The minimum absolute atomic E-state index is 0.226. The Kier molecular flexibility index (Phi) is 2.20. The third-order valence-electron chi connectivity index (χ3n) is 3.23. The number of allylic oxidation sites excluding steroid dienone is 2. The average Bonchev–Trinajstić information content (AvgIpc) is 2.45. The van der Waals surface area contributed by atoms with Gasteiger partial charge < -0.3 is 0 Å². The molecule has 2 aliphatic rings. The summed E-state index contributed by atoms with van der Waals surface area (Å²) in [4.78, 5) is 11.4. The van der Waals surface area contributed by atoms with Crippen LogP contribution in [0.2, 0.25) is 25.7 Å². The van der Waals surface area contributed by atoms with Gasteiger partial charge in [-0.2, -0.15) is 0 Å². The Labute approximate surface area is 91.5 Å². The molecule has 0 radical (unpaired) electrons. The zero-order valence-electron chi connectivity index (χ0n) is 9.01. The van der Waals surface area contributed by atoms with Crippen LogP contribution in [0.4, 0.5) is 0 Å². The Morgan fingerprint density at radius 1 is 1.57 bits per heavy atom. The summed E-state index contributed by atoms with van der Waals surface area (Å²) in [7, 11) is -1.25. The number of rotatable bonds is 2. The number of carbonyl (C=O) groups excluding carboxylic acids is 1. The summed E-state index contributed by atoms with van der Waals surface area (Å²) in [6.45, 7) is 6.82. The average molecular weight is 229 g/mol. The van der Waals surface area contributed by atoms with E-state index in [4.69, 9.17) is 11.6 Å². The van der Waals surface area contributed by atoms with Gasteiger partial charge in [0.25, 0.3) is 0 Å². The number of halogens is 1. The lowest BCUT2D eigenvalue weighted by atomic mass is 9.65. The van der Waals surface area contributed by atoms with Crippen LogP contribution in [0.3, 0.4) is 0 Å². The van der Waals surface area contributed by atoms with Crippen molar-refractivity contribution >= 4 is 25.5 Å². The number of ketones is 1. The second-order valence-electron chi connectivity index (χ2n) is 5.76. The second kappa shape index (κ2) is 2.95. The van der Waals surface area contributed by atoms with E-state index >= 15 is 0 Å². The van der Waals surface area contributed by atoms with E-state index < -0.39 is 12.9 Å². The summed E-state index contributed by atoms with van der Waals surface area (Å²) in [5.41, 5.74) is 0. The van der Waals surface area contributed by atoms with Crippen LogP contribution in [0.25, 0.3) is 0 Å². The molecule has 1 nitrogen and oxygen atoms in total. The molecule has 0 saturated heterocycles. The molecule has 3 atom stereocenters. The van der Waals surface area contributed by atoms with Crippen LogP contribution in [-0.4, -0.2) is 18.7 Å². The highest BCUT2D eigenvalue weighted by Crippen LogP contribution is 2.54. The maximum Gasteiger partial charge on any atom is 0.158 e. The second-order valence-corrected chi connectivity index (χ2v) is 11.9. The molecule has 0 amide bonds. The first-order chi connectivity index (χ1) is 6.34. The van der Waals surface area contributed by atoms with Crippen molar-refractivity contribution in [2.24, 2.45) is 11.8 Å². The van der Waals surface area contributed by atoms with Gasteiger partial charge in [-0.1, -0.05) is 31.8 Å². The molecule has 0 bridgehead atoms. The van der Waals surface area contributed by atoms with Gasteiger partial charge in [-0.05, 0) is 12.5 Å². The van der Waals surface area contributed by atoms with Gasteiger partial charge in [0, 0.05) is 19.9 Å². The fourth-order valence-corrected chi connectivity index (χ4v) is 6.27. The summed E-state index contributed by atoms with van der Waals surface area (Å²) in [5, 5.41) is 0. The lowest BCUT2D eigenvalue weighted by Crippen LogP contribution is -2.59. The normalized spacial score (nSPS) is 41.0. The molecule has 2 aliphatic carbocycles. The van der Waals surface area contributed by atoms with E-state index in [1.54, 1.807) is 0 Å². The van der Waals surface area contributed by atoms with Crippen LogP contribution in [0.15, 0.2) is 12.2 Å². The molecule has 0 aliphatic heterocycles. The minimum atomic E-state index is -1.25. The van der Waals surface area contributed by atoms with Gasteiger partial charge in [0.15, 0.2) is 5.78 Å². The molecule has 0 N–H and O–H groups in total. The van der Waals surface area contributed by atoms with Crippen molar-refractivity contribution < 1.29 is 4.79 Å². The number of Topliss-reactive ketones (excluding diaryl/α,β-unsaturated/α-hetero) is 1. The minimum Gasteiger partial charge on any atom is -0.297 e. The molecule has 3 heteroatoms. The first-order valence-corrected chi connectivity index (χ1v) is 9.33. The van der Waals surface area contributed by atoms with E-state index in [1.165, 1.54) is 0 Å². The standard InChI is InChI=1S/C11H17ClOSi/c1-14(2,3)7-11(12)9-6-4-5-8(9)10(11)13/h4,6,8-9H,5,7H2,1-3H3/t8-,9+,11-/m0/s1. The highest BCUT2D eigenvalue weighted by Gasteiger charge is 2.61. The van der Waals surface area contributed by atoms with Crippen LogP contribution in [0.5, 0.6) is 0 Å². The molecule has 0 heterocycles. The molecule has 0 aromatic rings. The van der Waals surface area contributed by atoms with Crippen molar-refractivity contribution in [3.05, 3.63) is 12.2 Å². The molecule has 14 heavy (non-hydrogen) atoms. The summed E-state index contributed by atoms with van der Waals surface area (Å²) >= 11 is 6.48. The van der Waals surface area contributed by atoms with E-state index in [9.17, 15) is 4.79 Å². The molecular weight excluding hydrogens is 212 g/mol. The predicted octanol–water partition coefficient (Wildman–Crippen LogP) is 3.08. The Morgan fingerprint density at radius 3 is 2.79 bits per heavy atom. The fraction of sp³-hybridized carbons (Fsp3) is 0.727. The van der Waals surface area contributed by atoms with Crippen LogP contribution in [0.1, 0.15) is 6.42 Å². The zero-order chi connectivity index (χ0) is 10.6. The van der Waals surface area contributed by atoms with Crippen molar-refractivity contribution in [2.75, 3.05) is 0 Å². The lowest BCUT2D eigenvalue weighted by Gasteiger charge is -2.48. The monoisotopic (exact) mass is 228 g/mol. The van der Waals surface area contributed by atoms with Crippen LogP contribution in [-0.2, 0) is 4.79 Å². The molecule has 78 valence electrons. The fourth-order valence-electron chi connectivity index (χ4n) is 2.75. The van der Waals surface area contributed by atoms with Crippen LogP contribution >= 0.6 is 11.6 Å². The molecule has 0 spiro atoms. The van der Waals surface area contributed by atoms with E-state index in [-0.39, 0.29) is 5.92 Å². The van der Waals surface area contributed by atoms with E-state index in [0.717, 1.165) is 12.5 Å². The van der Waals surface area contributed by atoms with Crippen LogP contribution in [0, 0.1) is 11.8 Å². The quantitative estimate of drug-likeness (QED) is 0.403. The zero-order valence-corrected chi connectivity index (χ0v) is 10.8. The van der Waals surface area contributed by atoms with Crippen molar-refractivity contribution in [1.29, 1.82) is 0 Å². The Morgan fingerprint density at radius 2 is 2.21 bits per heavy atom. The van der Waals surface area contributed by atoms with Gasteiger partial charge in [-0.25, -0.2) is 0 Å².